The van der Waals surface area contributed by atoms with Crippen molar-refractivity contribution in [2.75, 3.05) is 11.4 Å². The molecule has 0 saturated carbocycles. The highest BCUT2D eigenvalue weighted by Crippen LogP contribution is 2.28. The lowest BCUT2D eigenvalue weighted by Gasteiger charge is -2.29. The fourth-order valence-corrected chi connectivity index (χ4v) is 3.99. The second kappa shape index (κ2) is 9.86. The van der Waals surface area contributed by atoms with Crippen molar-refractivity contribution in [3.8, 4) is 0 Å². The number of hydrogen-bond donors (Lipinski definition) is 0. The molecule has 4 rings (SSSR count). The number of rotatable bonds is 8. The zero-order valence-electron chi connectivity index (χ0n) is 19.1. The maximum atomic E-state index is 13.7. The second-order valence-electron chi connectivity index (χ2n) is 8.43. The lowest BCUT2D eigenvalue weighted by molar-refractivity contribution is -0.118. The summed E-state index contributed by atoms with van der Waals surface area (Å²) >= 11 is 0. The normalized spacial score (nSPS) is 15.8. The average molecular weight is 430 g/mol. The molecule has 1 atom stereocenters. The van der Waals surface area contributed by atoms with Gasteiger partial charge in [0.05, 0.1) is 18.5 Å². The van der Waals surface area contributed by atoms with Gasteiger partial charge in [-0.2, -0.15) is 0 Å². The van der Waals surface area contributed by atoms with Crippen molar-refractivity contribution in [1.82, 2.24) is 4.90 Å². The third kappa shape index (κ3) is 4.77. The van der Waals surface area contributed by atoms with Crippen LogP contribution in [0.1, 0.15) is 42.2 Å². The molecule has 0 radical (unpaired) electrons. The molecule has 1 aromatic heterocycles. The van der Waals surface area contributed by atoms with E-state index in [1.54, 1.807) is 11.2 Å². The van der Waals surface area contributed by atoms with E-state index in [1.165, 1.54) is 5.56 Å². The Balaban J connectivity index is 1.71. The Morgan fingerprint density at radius 2 is 1.84 bits per heavy atom. The zero-order chi connectivity index (χ0) is 22.5. The Labute approximate surface area is 190 Å². The Bertz CT molecular complexity index is 1070. The summed E-state index contributed by atoms with van der Waals surface area (Å²) in [4.78, 5) is 22.6. The van der Waals surface area contributed by atoms with E-state index in [0.29, 0.717) is 18.9 Å². The number of carbonyl (C=O) groups excluding carboxylic acids is 1. The van der Waals surface area contributed by atoms with Gasteiger partial charge in [0.25, 0.3) is 5.91 Å². The van der Waals surface area contributed by atoms with Crippen molar-refractivity contribution >= 4 is 17.6 Å². The van der Waals surface area contributed by atoms with Crippen LogP contribution >= 0.6 is 0 Å². The third-order valence-electron chi connectivity index (χ3n) is 5.99. The van der Waals surface area contributed by atoms with Gasteiger partial charge in [-0.15, -0.1) is 0 Å². The Morgan fingerprint density at radius 1 is 1.03 bits per heavy atom. The van der Waals surface area contributed by atoms with Gasteiger partial charge in [-0.3, -0.25) is 4.79 Å². The summed E-state index contributed by atoms with van der Waals surface area (Å²) in [6, 6.07) is 19.7. The third-order valence-corrected chi connectivity index (χ3v) is 5.99. The molecule has 1 amide bonds. The maximum absolute atomic E-state index is 13.7. The monoisotopic (exact) mass is 429 g/mol. The summed E-state index contributed by atoms with van der Waals surface area (Å²) in [7, 11) is 0. The molecule has 5 nitrogen and oxygen atoms in total. The van der Waals surface area contributed by atoms with E-state index in [1.807, 2.05) is 36.4 Å². The first-order valence-electron chi connectivity index (χ1n) is 11.4. The van der Waals surface area contributed by atoms with Crippen molar-refractivity contribution in [1.29, 1.82) is 0 Å². The van der Waals surface area contributed by atoms with Crippen molar-refractivity contribution in [3.05, 3.63) is 89.4 Å². The zero-order valence-corrected chi connectivity index (χ0v) is 19.1. The first-order valence-corrected chi connectivity index (χ1v) is 11.4. The van der Waals surface area contributed by atoms with E-state index in [2.05, 4.69) is 49.9 Å². The number of guanidine groups is 1. The summed E-state index contributed by atoms with van der Waals surface area (Å²) in [5.74, 6) is 1.60. The van der Waals surface area contributed by atoms with Crippen molar-refractivity contribution < 1.29 is 9.21 Å². The molecule has 166 valence electrons. The number of nitrogens with zero attached hydrogens (tertiary/aromatic N) is 3. The minimum atomic E-state index is -0.435. The summed E-state index contributed by atoms with van der Waals surface area (Å²) < 4.78 is 5.63. The summed E-state index contributed by atoms with van der Waals surface area (Å²) in [5, 5.41) is 0. The van der Waals surface area contributed by atoms with Gasteiger partial charge in [0.15, 0.2) is 0 Å². The molecule has 0 saturated heterocycles. The van der Waals surface area contributed by atoms with Crippen LogP contribution in [0.3, 0.4) is 0 Å². The number of furan rings is 1. The molecule has 2 aromatic carbocycles. The topological polar surface area (TPSA) is 49.1 Å². The molecule has 5 heteroatoms. The van der Waals surface area contributed by atoms with E-state index in [4.69, 9.17) is 9.41 Å². The molecule has 2 heterocycles. The minimum absolute atomic E-state index is 0.0213. The fraction of sp³-hybridized carbons (Fsp3) is 0.333. The lowest BCUT2D eigenvalue weighted by Crippen LogP contribution is -2.45. The summed E-state index contributed by atoms with van der Waals surface area (Å²) in [6.07, 6.45) is 4.35. The Kier molecular flexibility index (Phi) is 6.74. The summed E-state index contributed by atoms with van der Waals surface area (Å²) in [5.41, 5.74) is 4.35. The maximum Gasteiger partial charge on any atom is 0.259 e. The van der Waals surface area contributed by atoms with Crippen LogP contribution in [-0.4, -0.2) is 29.4 Å². The SMILES string of the molecule is CCCCN(Cc1ccco1)C1=NC(Cc2ccccc2)C(=O)N1c1ccc(C)c(C)c1. The van der Waals surface area contributed by atoms with Gasteiger partial charge in [-0.1, -0.05) is 49.7 Å². The fourth-order valence-electron chi connectivity index (χ4n) is 3.99. The molecule has 0 spiro atoms. The number of anilines is 1. The van der Waals surface area contributed by atoms with Gasteiger partial charge in [-0.25, -0.2) is 9.89 Å². The molecule has 0 aliphatic carbocycles. The van der Waals surface area contributed by atoms with E-state index in [0.717, 1.165) is 42.0 Å². The molecule has 1 aliphatic heterocycles. The van der Waals surface area contributed by atoms with E-state index in [-0.39, 0.29) is 5.91 Å². The highest BCUT2D eigenvalue weighted by molar-refractivity contribution is 6.22. The van der Waals surface area contributed by atoms with Gasteiger partial charge in [0.2, 0.25) is 5.96 Å². The van der Waals surface area contributed by atoms with Crippen LogP contribution in [-0.2, 0) is 17.8 Å². The quantitative estimate of drug-likeness (QED) is 0.474. The highest BCUT2D eigenvalue weighted by Gasteiger charge is 2.38. The van der Waals surface area contributed by atoms with Gasteiger partial charge >= 0.3 is 0 Å². The molecular formula is C27H31N3O2. The standard InChI is InChI=1S/C27H31N3O2/c1-4-5-15-29(19-24-12-9-16-32-24)27-28-25(18-22-10-7-6-8-11-22)26(31)30(27)23-14-13-20(2)21(3)17-23/h6-14,16-17,25H,4-5,15,18-19H2,1-3H3. The van der Waals surface area contributed by atoms with Gasteiger partial charge in [-0.05, 0) is 61.2 Å². The largest absolute Gasteiger partial charge is 0.467 e. The molecule has 32 heavy (non-hydrogen) atoms. The molecule has 3 aromatic rings. The Hall–Kier alpha value is -3.34. The van der Waals surface area contributed by atoms with Crippen molar-refractivity contribution in [2.45, 2.75) is 52.6 Å². The predicted molar refractivity (Wildman–Crippen MR) is 129 cm³/mol. The number of hydrogen-bond acceptors (Lipinski definition) is 4. The van der Waals surface area contributed by atoms with Crippen LogP contribution in [0.15, 0.2) is 76.3 Å². The van der Waals surface area contributed by atoms with E-state index in [9.17, 15) is 4.79 Å². The van der Waals surface area contributed by atoms with Crippen LogP contribution in [0.25, 0.3) is 0 Å². The number of aryl methyl sites for hydroxylation is 2. The summed E-state index contributed by atoms with van der Waals surface area (Å²) in [6.45, 7) is 7.73. The van der Waals surface area contributed by atoms with E-state index < -0.39 is 6.04 Å². The first-order chi connectivity index (χ1) is 15.6. The lowest BCUT2D eigenvalue weighted by atomic mass is 10.1. The molecule has 0 bridgehead atoms. The van der Waals surface area contributed by atoms with Crippen LogP contribution in [0.4, 0.5) is 5.69 Å². The number of amides is 1. The molecule has 0 N–H and O–H groups in total. The number of carbonyl (C=O) groups is 1. The number of aliphatic imine (C=N–C) groups is 1. The van der Waals surface area contributed by atoms with Crippen LogP contribution in [0.5, 0.6) is 0 Å². The van der Waals surface area contributed by atoms with Crippen LogP contribution in [0, 0.1) is 13.8 Å². The first kappa shape index (κ1) is 21.9. The smallest absolute Gasteiger partial charge is 0.259 e. The van der Waals surface area contributed by atoms with Gasteiger partial charge < -0.3 is 9.32 Å². The van der Waals surface area contributed by atoms with Crippen molar-refractivity contribution in [3.63, 3.8) is 0 Å². The minimum Gasteiger partial charge on any atom is -0.467 e. The highest BCUT2D eigenvalue weighted by atomic mass is 16.3. The van der Waals surface area contributed by atoms with Crippen LogP contribution < -0.4 is 4.90 Å². The van der Waals surface area contributed by atoms with Gasteiger partial charge in [0.1, 0.15) is 11.8 Å². The second-order valence-corrected chi connectivity index (χ2v) is 8.43. The molecule has 0 fully saturated rings. The number of unbranched alkanes of at least 4 members (excludes halogenated alkanes) is 1. The average Bonchev–Trinajstić information content (AvgIpc) is 3.42. The van der Waals surface area contributed by atoms with Gasteiger partial charge in [0, 0.05) is 13.0 Å². The van der Waals surface area contributed by atoms with E-state index >= 15 is 0 Å². The molecule has 1 unspecified atom stereocenters. The Morgan fingerprint density at radius 3 is 2.53 bits per heavy atom. The molecular weight excluding hydrogens is 398 g/mol. The predicted octanol–water partition coefficient (Wildman–Crippen LogP) is 5.51. The number of benzene rings is 2. The van der Waals surface area contributed by atoms with Crippen LogP contribution in [0.2, 0.25) is 0 Å². The molecule has 1 aliphatic rings. The van der Waals surface area contributed by atoms with Crippen molar-refractivity contribution in [2.24, 2.45) is 4.99 Å².